The Hall–Kier alpha value is -1.29. The normalized spacial score (nSPS) is 39.3. The maximum atomic E-state index is 9.15. The summed E-state index contributed by atoms with van der Waals surface area (Å²) in [5.41, 5.74) is 3.73. The van der Waals surface area contributed by atoms with Crippen molar-refractivity contribution in [3.63, 3.8) is 0 Å². The minimum Gasteiger partial charge on any atom is -0.192 e. The summed E-state index contributed by atoms with van der Waals surface area (Å²) in [5, 5.41) is 9.15. The van der Waals surface area contributed by atoms with E-state index in [9.17, 15) is 0 Å². The van der Waals surface area contributed by atoms with Gasteiger partial charge in [0, 0.05) is 0 Å². The van der Waals surface area contributed by atoms with Gasteiger partial charge in [0.25, 0.3) is 0 Å². The summed E-state index contributed by atoms with van der Waals surface area (Å²) in [7, 11) is 0. The molecule has 0 aromatic heterocycles. The van der Waals surface area contributed by atoms with Gasteiger partial charge in [0.1, 0.15) is 0 Å². The van der Waals surface area contributed by atoms with Gasteiger partial charge in [-0.15, -0.1) is 0 Å². The molecule has 1 heteroatoms. The minimum atomic E-state index is 0.751. The van der Waals surface area contributed by atoms with E-state index < -0.39 is 0 Å². The summed E-state index contributed by atoms with van der Waals surface area (Å²) in [5.74, 6) is 4.62. The molecule has 0 saturated heterocycles. The van der Waals surface area contributed by atoms with Crippen LogP contribution in [0, 0.1) is 41.9 Å². The summed E-state index contributed by atoms with van der Waals surface area (Å²) < 4.78 is 0. The molecule has 0 heterocycles. The minimum absolute atomic E-state index is 0.751. The van der Waals surface area contributed by atoms with E-state index in [4.69, 9.17) is 5.26 Å². The summed E-state index contributed by atoms with van der Waals surface area (Å²) in [6, 6.07) is 8.62. The highest BCUT2D eigenvalue weighted by Gasteiger charge is 2.48. The van der Waals surface area contributed by atoms with Gasteiger partial charge in [0.05, 0.1) is 11.6 Å². The van der Waals surface area contributed by atoms with E-state index in [1.165, 1.54) is 43.2 Å². The predicted octanol–water partition coefficient (Wildman–Crippen LogP) is 4.41. The van der Waals surface area contributed by atoms with E-state index in [0.717, 1.165) is 35.2 Å². The van der Waals surface area contributed by atoms with E-state index in [2.05, 4.69) is 25.1 Å². The quantitative estimate of drug-likeness (QED) is 0.725. The van der Waals surface area contributed by atoms with Crippen LogP contribution in [0.2, 0.25) is 0 Å². The van der Waals surface area contributed by atoms with Crippen LogP contribution in [0.1, 0.15) is 54.7 Å². The molecular formula is C18H21N. The molecule has 1 nitrogen and oxygen atoms in total. The molecule has 0 aliphatic heterocycles. The SMILES string of the molecule is Cc1ccc(C#N)cc1C1C2CC3CC(C2)CC1C3. The third kappa shape index (κ3) is 1.73. The van der Waals surface area contributed by atoms with Gasteiger partial charge in [-0.3, -0.25) is 0 Å². The molecule has 4 fully saturated rings. The molecule has 0 amide bonds. The Morgan fingerprint density at radius 1 is 1.00 bits per heavy atom. The molecule has 98 valence electrons. The van der Waals surface area contributed by atoms with E-state index in [1.54, 1.807) is 0 Å². The maximum absolute atomic E-state index is 9.15. The van der Waals surface area contributed by atoms with Crippen LogP contribution >= 0.6 is 0 Å². The Labute approximate surface area is 115 Å². The van der Waals surface area contributed by atoms with E-state index in [1.807, 2.05) is 6.07 Å². The van der Waals surface area contributed by atoms with Crippen molar-refractivity contribution in [1.82, 2.24) is 0 Å². The predicted molar refractivity (Wildman–Crippen MR) is 75.7 cm³/mol. The number of hydrogen-bond donors (Lipinski definition) is 0. The van der Waals surface area contributed by atoms with Crippen molar-refractivity contribution >= 4 is 0 Å². The molecule has 5 rings (SSSR count). The zero-order valence-corrected chi connectivity index (χ0v) is 11.6. The van der Waals surface area contributed by atoms with Crippen LogP contribution in [0.25, 0.3) is 0 Å². The number of hydrogen-bond acceptors (Lipinski definition) is 1. The molecule has 0 atom stereocenters. The third-order valence-corrected chi connectivity index (χ3v) is 5.99. The molecule has 1 aromatic rings. The first-order valence-corrected chi connectivity index (χ1v) is 7.75. The fraction of sp³-hybridized carbons (Fsp3) is 0.611. The Morgan fingerprint density at radius 3 is 2.21 bits per heavy atom. The van der Waals surface area contributed by atoms with Crippen molar-refractivity contribution in [2.24, 2.45) is 23.7 Å². The standard InChI is InChI=1S/C18H21N/c1-11-2-3-12(10-19)9-17(11)18-15-5-13-4-14(7-15)8-16(18)6-13/h2-3,9,13-16,18H,4-8H2,1H3. The zero-order valence-electron chi connectivity index (χ0n) is 11.6. The van der Waals surface area contributed by atoms with Crippen molar-refractivity contribution in [3.8, 4) is 6.07 Å². The van der Waals surface area contributed by atoms with E-state index in [-0.39, 0.29) is 0 Å². The fourth-order valence-electron chi connectivity index (χ4n) is 5.50. The summed E-state index contributed by atoms with van der Waals surface area (Å²) in [4.78, 5) is 0. The molecule has 4 saturated carbocycles. The highest BCUT2D eigenvalue weighted by atomic mass is 14.5. The Kier molecular flexibility index (Phi) is 2.49. The smallest absolute Gasteiger partial charge is 0.0991 e. The van der Waals surface area contributed by atoms with Crippen molar-refractivity contribution < 1.29 is 0 Å². The second-order valence-corrected chi connectivity index (χ2v) is 7.14. The van der Waals surface area contributed by atoms with Gasteiger partial charge in [-0.05, 0) is 91.9 Å². The van der Waals surface area contributed by atoms with Crippen molar-refractivity contribution in [3.05, 3.63) is 34.9 Å². The number of benzene rings is 1. The van der Waals surface area contributed by atoms with Crippen LogP contribution in [-0.2, 0) is 0 Å². The van der Waals surface area contributed by atoms with Crippen molar-refractivity contribution in [2.75, 3.05) is 0 Å². The lowest BCUT2D eigenvalue weighted by atomic mass is 9.50. The topological polar surface area (TPSA) is 23.8 Å². The Balaban J connectivity index is 1.75. The monoisotopic (exact) mass is 251 g/mol. The van der Waals surface area contributed by atoms with Gasteiger partial charge in [-0.25, -0.2) is 0 Å². The summed E-state index contributed by atoms with van der Waals surface area (Å²) in [6.45, 7) is 2.22. The van der Waals surface area contributed by atoms with Crippen LogP contribution in [-0.4, -0.2) is 0 Å². The first-order valence-electron chi connectivity index (χ1n) is 7.75. The van der Waals surface area contributed by atoms with Gasteiger partial charge < -0.3 is 0 Å². The molecule has 0 unspecified atom stereocenters. The van der Waals surface area contributed by atoms with Crippen molar-refractivity contribution in [2.45, 2.75) is 44.9 Å². The molecule has 19 heavy (non-hydrogen) atoms. The second-order valence-electron chi connectivity index (χ2n) is 7.14. The summed E-state index contributed by atoms with van der Waals surface area (Å²) in [6.07, 6.45) is 7.32. The van der Waals surface area contributed by atoms with E-state index >= 15 is 0 Å². The molecule has 4 aliphatic rings. The average molecular weight is 251 g/mol. The van der Waals surface area contributed by atoms with Crippen LogP contribution in [0.15, 0.2) is 18.2 Å². The molecular weight excluding hydrogens is 230 g/mol. The molecule has 4 aliphatic carbocycles. The van der Waals surface area contributed by atoms with Gasteiger partial charge in [-0.2, -0.15) is 5.26 Å². The fourth-order valence-corrected chi connectivity index (χ4v) is 5.50. The van der Waals surface area contributed by atoms with Gasteiger partial charge in [0.15, 0.2) is 0 Å². The lowest BCUT2D eigenvalue weighted by Gasteiger charge is -2.55. The first-order chi connectivity index (χ1) is 9.24. The van der Waals surface area contributed by atoms with Crippen molar-refractivity contribution in [1.29, 1.82) is 5.26 Å². The Bertz CT molecular complexity index is 523. The lowest BCUT2D eigenvalue weighted by molar-refractivity contribution is -0.00298. The second kappa shape index (κ2) is 4.10. The average Bonchev–Trinajstić information content (AvgIpc) is 2.39. The first kappa shape index (κ1) is 11.5. The molecule has 0 radical (unpaired) electrons. The molecule has 0 N–H and O–H groups in total. The van der Waals surface area contributed by atoms with Gasteiger partial charge in [-0.1, -0.05) is 6.07 Å². The van der Waals surface area contributed by atoms with Gasteiger partial charge >= 0.3 is 0 Å². The largest absolute Gasteiger partial charge is 0.192 e. The Morgan fingerprint density at radius 2 is 1.63 bits per heavy atom. The lowest BCUT2D eigenvalue weighted by Crippen LogP contribution is -2.44. The van der Waals surface area contributed by atoms with Crippen LogP contribution in [0.3, 0.4) is 0 Å². The molecule has 0 spiro atoms. The third-order valence-electron chi connectivity index (χ3n) is 5.99. The van der Waals surface area contributed by atoms with Crippen LogP contribution in [0.4, 0.5) is 0 Å². The highest BCUT2D eigenvalue weighted by Crippen LogP contribution is 2.60. The van der Waals surface area contributed by atoms with Crippen LogP contribution < -0.4 is 0 Å². The number of aryl methyl sites for hydroxylation is 1. The van der Waals surface area contributed by atoms with Crippen LogP contribution in [0.5, 0.6) is 0 Å². The molecule has 4 bridgehead atoms. The summed E-state index contributed by atoms with van der Waals surface area (Å²) >= 11 is 0. The molecule has 1 aromatic carbocycles. The number of nitrogens with zero attached hydrogens (tertiary/aromatic N) is 1. The number of nitriles is 1. The van der Waals surface area contributed by atoms with Gasteiger partial charge in [0.2, 0.25) is 0 Å². The highest BCUT2D eigenvalue weighted by molar-refractivity contribution is 5.40. The maximum Gasteiger partial charge on any atom is 0.0991 e. The zero-order chi connectivity index (χ0) is 13.0. The van der Waals surface area contributed by atoms with E-state index in [0.29, 0.717) is 0 Å². The number of rotatable bonds is 1.